The lowest BCUT2D eigenvalue weighted by Gasteiger charge is -2.29. The number of nitrogens with zero attached hydrogens (tertiary/aromatic N) is 2. The van der Waals surface area contributed by atoms with Crippen LogP contribution < -0.4 is 10.5 Å². The third-order valence-corrected chi connectivity index (χ3v) is 5.43. The Balaban J connectivity index is 1.89. The van der Waals surface area contributed by atoms with Crippen molar-refractivity contribution in [3.63, 3.8) is 0 Å². The van der Waals surface area contributed by atoms with Crippen LogP contribution in [0.4, 0.5) is 0 Å². The summed E-state index contributed by atoms with van der Waals surface area (Å²) in [6, 6.07) is 6.63. The molecule has 3 N–H and O–H groups in total. The SMILES string of the molecule is CC(c1ccc(S(N)(=O)=O)cc1)N(C)CCC(=O)N1CCNCC1. The van der Waals surface area contributed by atoms with Gasteiger partial charge in [-0.3, -0.25) is 9.69 Å². The second-order valence-electron chi connectivity index (χ2n) is 6.15. The van der Waals surface area contributed by atoms with Gasteiger partial charge in [0.25, 0.3) is 0 Å². The van der Waals surface area contributed by atoms with Crippen LogP contribution in [0.5, 0.6) is 0 Å². The number of carbonyl (C=O) groups is 1. The first-order valence-electron chi connectivity index (χ1n) is 8.10. The van der Waals surface area contributed by atoms with Gasteiger partial charge in [-0.2, -0.15) is 0 Å². The molecule has 0 saturated carbocycles. The Morgan fingerprint density at radius 3 is 2.42 bits per heavy atom. The molecule has 8 heteroatoms. The first kappa shape index (κ1) is 18.9. The molecule has 1 amide bonds. The molecule has 1 heterocycles. The minimum atomic E-state index is -3.67. The summed E-state index contributed by atoms with van der Waals surface area (Å²) in [5, 5.41) is 8.34. The van der Waals surface area contributed by atoms with Crippen molar-refractivity contribution >= 4 is 15.9 Å². The van der Waals surface area contributed by atoms with Crippen LogP contribution in [-0.4, -0.2) is 63.9 Å². The van der Waals surface area contributed by atoms with E-state index in [4.69, 9.17) is 5.14 Å². The molecule has 1 atom stereocenters. The number of nitrogens with two attached hydrogens (primary N) is 1. The topological polar surface area (TPSA) is 95.7 Å². The molecule has 134 valence electrons. The molecule has 1 fully saturated rings. The van der Waals surface area contributed by atoms with E-state index in [0.717, 1.165) is 31.7 Å². The highest BCUT2D eigenvalue weighted by Crippen LogP contribution is 2.20. The Kier molecular flexibility index (Phi) is 6.34. The minimum Gasteiger partial charge on any atom is -0.340 e. The third kappa shape index (κ3) is 5.01. The number of rotatable bonds is 6. The van der Waals surface area contributed by atoms with Crippen LogP contribution in [0.3, 0.4) is 0 Å². The Morgan fingerprint density at radius 1 is 1.29 bits per heavy atom. The summed E-state index contributed by atoms with van der Waals surface area (Å²) in [7, 11) is -1.71. The van der Waals surface area contributed by atoms with Gasteiger partial charge in [0.2, 0.25) is 15.9 Å². The Hall–Kier alpha value is -1.48. The number of carbonyl (C=O) groups excluding carboxylic acids is 1. The fraction of sp³-hybridized carbons (Fsp3) is 0.562. The van der Waals surface area contributed by atoms with Crippen molar-refractivity contribution < 1.29 is 13.2 Å². The van der Waals surface area contributed by atoms with E-state index in [0.29, 0.717) is 13.0 Å². The average Bonchev–Trinajstić information content (AvgIpc) is 2.58. The highest BCUT2D eigenvalue weighted by atomic mass is 32.2. The second-order valence-corrected chi connectivity index (χ2v) is 7.71. The Morgan fingerprint density at radius 2 is 1.88 bits per heavy atom. The van der Waals surface area contributed by atoms with E-state index in [1.165, 1.54) is 12.1 Å². The van der Waals surface area contributed by atoms with Crippen molar-refractivity contribution in [2.45, 2.75) is 24.3 Å². The molecular formula is C16H26N4O3S. The lowest BCUT2D eigenvalue weighted by Crippen LogP contribution is -2.47. The number of benzene rings is 1. The van der Waals surface area contributed by atoms with Gasteiger partial charge in [0, 0.05) is 45.2 Å². The summed E-state index contributed by atoms with van der Waals surface area (Å²) in [6.45, 7) is 5.94. The van der Waals surface area contributed by atoms with Gasteiger partial charge in [-0.05, 0) is 31.7 Å². The molecular weight excluding hydrogens is 328 g/mol. The number of piperazine rings is 1. The smallest absolute Gasteiger partial charge is 0.238 e. The lowest BCUT2D eigenvalue weighted by molar-refractivity contribution is -0.132. The van der Waals surface area contributed by atoms with Crippen molar-refractivity contribution in [1.29, 1.82) is 0 Å². The number of nitrogens with one attached hydrogen (secondary N) is 1. The fourth-order valence-corrected chi connectivity index (χ4v) is 3.24. The van der Waals surface area contributed by atoms with Gasteiger partial charge in [-0.15, -0.1) is 0 Å². The molecule has 0 spiro atoms. The van der Waals surface area contributed by atoms with Crippen LogP contribution in [0.25, 0.3) is 0 Å². The highest BCUT2D eigenvalue weighted by molar-refractivity contribution is 7.89. The number of amides is 1. The van der Waals surface area contributed by atoms with E-state index in [1.807, 2.05) is 18.9 Å². The molecule has 7 nitrogen and oxygen atoms in total. The summed E-state index contributed by atoms with van der Waals surface area (Å²) >= 11 is 0. The predicted octanol–water partition coefficient (Wildman–Crippen LogP) is 0.149. The van der Waals surface area contributed by atoms with Gasteiger partial charge in [0.1, 0.15) is 0 Å². The number of sulfonamides is 1. The first-order chi connectivity index (χ1) is 11.3. The predicted molar refractivity (Wildman–Crippen MR) is 92.9 cm³/mol. The summed E-state index contributed by atoms with van der Waals surface area (Å²) < 4.78 is 22.6. The normalized spacial score (nSPS) is 17.1. The highest BCUT2D eigenvalue weighted by Gasteiger charge is 2.18. The van der Waals surface area contributed by atoms with Crippen LogP contribution in [0, 0.1) is 0 Å². The number of hydrogen-bond acceptors (Lipinski definition) is 5. The lowest BCUT2D eigenvalue weighted by atomic mass is 10.1. The summed E-state index contributed by atoms with van der Waals surface area (Å²) in [4.78, 5) is 16.3. The Labute approximate surface area is 143 Å². The fourth-order valence-electron chi connectivity index (χ4n) is 2.73. The first-order valence-corrected chi connectivity index (χ1v) is 9.65. The number of primary sulfonamides is 1. The van der Waals surface area contributed by atoms with E-state index in [9.17, 15) is 13.2 Å². The van der Waals surface area contributed by atoms with E-state index >= 15 is 0 Å². The summed E-state index contributed by atoms with van der Waals surface area (Å²) in [5.74, 6) is 0.181. The largest absolute Gasteiger partial charge is 0.340 e. The van der Waals surface area contributed by atoms with Crippen molar-refractivity contribution in [3.05, 3.63) is 29.8 Å². The van der Waals surface area contributed by atoms with Crippen LogP contribution in [0.15, 0.2) is 29.2 Å². The zero-order valence-corrected chi connectivity index (χ0v) is 15.1. The van der Waals surface area contributed by atoms with Gasteiger partial charge in [0.15, 0.2) is 0 Å². The minimum absolute atomic E-state index is 0.0790. The standard InChI is InChI=1S/C16H26N4O3S/c1-13(14-3-5-15(6-4-14)24(17,22)23)19(2)10-7-16(21)20-11-8-18-9-12-20/h3-6,13,18H,7-12H2,1-2H3,(H2,17,22,23). The van der Waals surface area contributed by atoms with E-state index in [1.54, 1.807) is 12.1 Å². The van der Waals surface area contributed by atoms with Gasteiger partial charge in [-0.1, -0.05) is 12.1 Å². The van der Waals surface area contributed by atoms with Crippen molar-refractivity contribution in [1.82, 2.24) is 15.1 Å². The molecule has 1 aliphatic rings. The van der Waals surface area contributed by atoms with Gasteiger partial charge in [-0.25, -0.2) is 13.6 Å². The van der Waals surface area contributed by atoms with Crippen molar-refractivity contribution in [3.8, 4) is 0 Å². The van der Waals surface area contributed by atoms with E-state index in [2.05, 4.69) is 10.2 Å². The summed E-state index contributed by atoms with van der Waals surface area (Å²) in [6.07, 6.45) is 0.482. The molecule has 0 radical (unpaired) electrons. The maximum Gasteiger partial charge on any atom is 0.238 e. The molecule has 1 aromatic carbocycles. The zero-order chi connectivity index (χ0) is 17.7. The molecule has 1 unspecified atom stereocenters. The van der Waals surface area contributed by atoms with Crippen LogP contribution in [0.1, 0.15) is 24.9 Å². The molecule has 2 rings (SSSR count). The van der Waals surface area contributed by atoms with E-state index < -0.39 is 10.0 Å². The van der Waals surface area contributed by atoms with Gasteiger partial charge < -0.3 is 10.2 Å². The molecule has 0 aliphatic carbocycles. The summed E-state index contributed by atoms with van der Waals surface area (Å²) in [5.41, 5.74) is 0.986. The zero-order valence-electron chi connectivity index (χ0n) is 14.2. The van der Waals surface area contributed by atoms with Crippen molar-refractivity contribution in [2.75, 3.05) is 39.8 Å². The maximum atomic E-state index is 12.2. The Bertz CT molecular complexity index is 654. The van der Waals surface area contributed by atoms with Crippen molar-refractivity contribution in [2.24, 2.45) is 5.14 Å². The van der Waals surface area contributed by atoms with Gasteiger partial charge in [0.05, 0.1) is 4.90 Å². The average molecular weight is 354 g/mol. The van der Waals surface area contributed by atoms with E-state index in [-0.39, 0.29) is 16.8 Å². The van der Waals surface area contributed by atoms with Crippen LogP contribution in [0.2, 0.25) is 0 Å². The van der Waals surface area contributed by atoms with Gasteiger partial charge >= 0.3 is 0 Å². The molecule has 0 bridgehead atoms. The molecule has 24 heavy (non-hydrogen) atoms. The monoisotopic (exact) mass is 354 g/mol. The van der Waals surface area contributed by atoms with Crippen LogP contribution >= 0.6 is 0 Å². The third-order valence-electron chi connectivity index (χ3n) is 4.50. The number of hydrogen-bond donors (Lipinski definition) is 2. The van der Waals surface area contributed by atoms with Crippen LogP contribution in [-0.2, 0) is 14.8 Å². The molecule has 1 aliphatic heterocycles. The quantitative estimate of drug-likeness (QED) is 0.758. The molecule has 0 aromatic heterocycles. The maximum absolute atomic E-state index is 12.2. The molecule has 1 saturated heterocycles. The second kappa shape index (κ2) is 8.06. The molecule has 1 aromatic rings.